The Balaban J connectivity index is 2.39. The van der Waals surface area contributed by atoms with Crippen molar-refractivity contribution in [3.63, 3.8) is 0 Å². The van der Waals surface area contributed by atoms with Crippen LogP contribution in [0.2, 0.25) is 0 Å². The van der Waals surface area contributed by atoms with E-state index in [0.29, 0.717) is 12.4 Å². The standard InChI is InChI=1S/C14H18F3NO2/c1-2-3-4-5-10-20-12-8-6-11(7-9-12)18-13(19)14(15,16)17/h6-9H,2-5,10H2,1H3,(H,18,19). The van der Waals surface area contributed by atoms with Crippen LogP contribution in [0.3, 0.4) is 0 Å². The number of anilines is 1. The average Bonchev–Trinajstić information content (AvgIpc) is 2.39. The SMILES string of the molecule is CCCCCCOc1ccc(NC(=O)C(F)(F)F)cc1. The molecule has 1 N–H and O–H groups in total. The van der Waals surface area contributed by atoms with Gasteiger partial charge in [-0.25, -0.2) is 0 Å². The zero-order valence-electron chi connectivity index (χ0n) is 11.3. The van der Waals surface area contributed by atoms with Crippen molar-refractivity contribution in [2.45, 2.75) is 38.8 Å². The maximum Gasteiger partial charge on any atom is 0.471 e. The van der Waals surface area contributed by atoms with Crippen molar-refractivity contribution in [2.75, 3.05) is 11.9 Å². The highest BCUT2D eigenvalue weighted by Crippen LogP contribution is 2.20. The molecule has 0 fully saturated rings. The molecule has 1 aromatic rings. The summed E-state index contributed by atoms with van der Waals surface area (Å²) in [4.78, 5) is 10.7. The topological polar surface area (TPSA) is 38.3 Å². The molecule has 1 amide bonds. The summed E-state index contributed by atoms with van der Waals surface area (Å²) in [6, 6.07) is 5.83. The molecule has 0 saturated carbocycles. The Hall–Kier alpha value is -1.72. The van der Waals surface area contributed by atoms with Gasteiger partial charge in [-0.15, -0.1) is 0 Å². The van der Waals surface area contributed by atoms with E-state index in [1.54, 1.807) is 5.32 Å². The molecule has 0 unspecified atom stereocenters. The molecule has 0 aliphatic rings. The van der Waals surface area contributed by atoms with Crippen molar-refractivity contribution in [3.05, 3.63) is 24.3 Å². The van der Waals surface area contributed by atoms with Crippen molar-refractivity contribution >= 4 is 11.6 Å². The van der Waals surface area contributed by atoms with E-state index in [4.69, 9.17) is 4.74 Å². The van der Waals surface area contributed by atoms with Crippen LogP contribution in [0.15, 0.2) is 24.3 Å². The number of rotatable bonds is 7. The number of amides is 1. The fourth-order valence-electron chi connectivity index (χ4n) is 1.56. The molecule has 0 bridgehead atoms. The molecule has 0 spiro atoms. The lowest BCUT2D eigenvalue weighted by Gasteiger charge is -2.09. The van der Waals surface area contributed by atoms with Gasteiger partial charge in [0.25, 0.3) is 0 Å². The number of hydrogen-bond donors (Lipinski definition) is 1. The summed E-state index contributed by atoms with van der Waals surface area (Å²) in [5, 5.41) is 1.77. The minimum atomic E-state index is -4.88. The summed E-state index contributed by atoms with van der Waals surface area (Å²) in [5.41, 5.74) is 0.0886. The van der Waals surface area contributed by atoms with E-state index in [-0.39, 0.29) is 5.69 Å². The molecule has 0 saturated heterocycles. The number of carbonyl (C=O) groups is 1. The fourth-order valence-corrected chi connectivity index (χ4v) is 1.56. The van der Waals surface area contributed by atoms with Crippen molar-refractivity contribution < 1.29 is 22.7 Å². The first-order valence-electron chi connectivity index (χ1n) is 6.54. The lowest BCUT2D eigenvalue weighted by Crippen LogP contribution is -2.29. The van der Waals surface area contributed by atoms with E-state index >= 15 is 0 Å². The van der Waals surface area contributed by atoms with Gasteiger partial charge in [-0.2, -0.15) is 13.2 Å². The van der Waals surface area contributed by atoms with Gasteiger partial charge in [0.15, 0.2) is 0 Å². The molecule has 20 heavy (non-hydrogen) atoms. The van der Waals surface area contributed by atoms with Gasteiger partial charge in [-0.1, -0.05) is 26.2 Å². The van der Waals surface area contributed by atoms with E-state index in [9.17, 15) is 18.0 Å². The molecule has 0 radical (unpaired) electrons. The molecule has 0 aromatic heterocycles. The molecule has 3 nitrogen and oxygen atoms in total. The van der Waals surface area contributed by atoms with Crippen molar-refractivity contribution in [1.29, 1.82) is 0 Å². The van der Waals surface area contributed by atoms with E-state index in [1.807, 2.05) is 0 Å². The first kappa shape index (κ1) is 16.3. The van der Waals surface area contributed by atoms with Crippen molar-refractivity contribution in [1.82, 2.24) is 0 Å². The van der Waals surface area contributed by atoms with Crippen LogP contribution in [0.4, 0.5) is 18.9 Å². The Morgan fingerprint density at radius 3 is 2.35 bits per heavy atom. The van der Waals surface area contributed by atoms with Crippen LogP contribution in [0, 0.1) is 0 Å². The van der Waals surface area contributed by atoms with Gasteiger partial charge < -0.3 is 10.1 Å². The Morgan fingerprint density at radius 2 is 1.80 bits per heavy atom. The smallest absolute Gasteiger partial charge is 0.471 e. The Morgan fingerprint density at radius 1 is 1.15 bits per heavy atom. The van der Waals surface area contributed by atoms with Crippen LogP contribution in [-0.4, -0.2) is 18.7 Å². The molecule has 1 rings (SSSR count). The zero-order valence-corrected chi connectivity index (χ0v) is 11.3. The molecule has 0 aliphatic heterocycles. The van der Waals surface area contributed by atoms with Gasteiger partial charge in [-0.05, 0) is 30.7 Å². The molecule has 1 aromatic carbocycles. The van der Waals surface area contributed by atoms with Gasteiger partial charge in [-0.3, -0.25) is 4.79 Å². The third-order valence-electron chi connectivity index (χ3n) is 2.64. The quantitative estimate of drug-likeness (QED) is 0.766. The number of carbonyl (C=O) groups excluding carboxylic acids is 1. The molecule has 112 valence electrons. The maximum atomic E-state index is 12.0. The van der Waals surface area contributed by atoms with Crippen LogP contribution >= 0.6 is 0 Å². The highest BCUT2D eigenvalue weighted by molar-refractivity contribution is 5.94. The second-order valence-electron chi connectivity index (χ2n) is 4.39. The van der Waals surface area contributed by atoms with E-state index < -0.39 is 12.1 Å². The van der Waals surface area contributed by atoms with Crippen LogP contribution in [0.5, 0.6) is 5.75 Å². The molecular weight excluding hydrogens is 271 g/mol. The fraction of sp³-hybridized carbons (Fsp3) is 0.500. The first-order chi connectivity index (χ1) is 9.43. The van der Waals surface area contributed by atoms with Gasteiger partial charge in [0.1, 0.15) is 5.75 Å². The Kier molecular flexibility index (Phi) is 6.35. The number of unbranched alkanes of at least 4 members (excludes halogenated alkanes) is 3. The number of benzene rings is 1. The predicted octanol–water partition coefficient (Wildman–Crippen LogP) is 4.15. The van der Waals surface area contributed by atoms with Crippen LogP contribution in [0.25, 0.3) is 0 Å². The number of ether oxygens (including phenoxy) is 1. The van der Waals surface area contributed by atoms with Crippen molar-refractivity contribution in [3.8, 4) is 5.75 Å². The average molecular weight is 289 g/mol. The summed E-state index contributed by atoms with van der Waals surface area (Å²) < 4.78 is 41.6. The summed E-state index contributed by atoms with van der Waals surface area (Å²) in [7, 11) is 0. The van der Waals surface area contributed by atoms with Crippen LogP contribution in [-0.2, 0) is 4.79 Å². The van der Waals surface area contributed by atoms with Gasteiger partial charge in [0.2, 0.25) is 0 Å². The summed E-state index contributed by atoms with van der Waals surface area (Å²) >= 11 is 0. The van der Waals surface area contributed by atoms with Crippen LogP contribution < -0.4 is 10.1 Å². The Bertz CT molecular complexity index is 415. The minimum absolute atomic E-state index is 0.0886. The lowest BCUT2D eigenvalue weighted by molar-refractivity contribution is -0.167. The van der Waals surface area contributed by atoms with E-state index in [0.717, 1.165) is 25.7 Å². The second kappa shape index (κ2) is 7.77. The molecule has 0 atom stereocenters. The molecule has 0 heterocycles. The summed E-state index contributed by atoms with van der Waals surface area (Å²) in [5.74, 6) is -1.41. The second-order valence-corrected chi connectivity index (χ2v) is 4.39. The van der Waals surface area contributed by atoms with Gasteiger partial charge in [0.05, 0.1) is 6.61 Å². The number of nitrogens with one attached hydrogen (secondary N) is 1. The summed E-state index contributed by atoms with van der Waals surface area (Å²) in [6.45, 7) is 2.70. The van der Waals surface area contributed by atoms with Crippen LogP contribution in [0.1, 0.15) is 32.6 Å². The molecule has 6 heteroatoms. The third kappa shape index (κ3) is 5.95. The van der Waals surface area contributed by atoms with E-state index in [1.165, 1.54) is 24.3 Å². The zero-order chi connectivity index (χ0) is 15.0. The Labute approximate surface area is 116 Å². The van der Waals surface area contributed by atoms with E-state index in [2.05, 4.69) is 6.92 Å². The number of alkyl halides is 3. The third-order valence-corrected chi connectivity index (χ3v) is 2.64. The number of halogens is 3. The van der Waals surface area contributed by atoms with Gasteiger partial charge >= 0.3 is 12.1 Å². The monoisotopic (exact) mass is 289 g/mol. The highest BCUT2D eigenvalue weighted by atomic mass is 19.4. The van der Waals surface area contributed by atoms with Crippen molar-refractivity contribution in [2.24, 2.45) is 0 Å². The largest absolute Gasteiger partial charge is 0.494 e. The summed E-state index contributed by atoms with van der Waals surface area (Å²) in [6.07, 6.45) is -0.537. The normalized spacial score (nSPS) is 11.2. The number of hydrogen-bond acceptors (Lipinski definition) is 2. The molecule has 0 aliphatic carbocycles. The first-order valence-corrected chi connectivity index (χ1v) is 6.54. The van der Waals surface area contributed by atoms with Gasteiger partial charge in [0, 0.05) is 5.69 Å². The highest BCUT2D eigenvalue weighted by Gasteiger charge is 2.38. The molecular formula is C14H18F3NO2. The minimum Gasteiger partial charge on any atom is -0.494 e. The predicted molar refractivity (Wildman–Crippen MR) is 70.8 cm³/mol. The lowest BCUT2D eigenvalue weighted by atomic mass is 10.2. The maximum absolute atomic E-state index is 12.0.